The van der Waals surface area contributed by atoms with Crippen molar-refractivity contribution < 1.29 is 32.3 Å². The minimum atomic E-state index is -4.28. The highest BCUT2D eigenvalue weighted by Gasteiger charge is 2.25. The molecule has 142 valence electrons. The average molecular weight is 391 g/mol. The number of hydrogen-bond donors (Lipinski definition) is 1. The van der Waals surface area contributed by atoms with Gasteiger partial charge in [0.15, 0.2) is 5.78 Å². The van der Waals surface area contributed by atoms with Gasteiger partial charge in [-0.1, -0.05) is 12.1 Å². The van der Waals surface area contributed by atoms with E-state index in [1.807, 2.05) is 0 Å². The second-order valence-electron chi connectivity index (χ2n) is 5.44. The molecule has 0 saturated heterocycles. The van der Waals surface area contributed by atoms with Crippen molar-refractivity contribution in [2.24, 2.45) is 0 Å². The molecule has 0 aliphatic carbocycles. The number of hydrogen-bond acceptors (Lipinski definition) is 7. The number of ketones is 1. The average Bonchev–Trinajstić information content (AvgIpc) is 2.66. The zero-order chi connectivity index (χ0) is 20.2. The number of esters is 2. The summed E-state index contributed by atoms with van der Waals surface area (Å²) in [5, 5.41) is 0. The molecule has 0 bridgehead atoms. The second-order valence-corrected chi connectivity index (χ2v) is 7.09. The van der Waals surface area contributed by atoms with Crippen LogP contribution in [0.15, 0.2) is 47.4 Å². The van der Waals surface area contributed by atoms with Crippen LogP contribution >= 0.6 is 0 Å². The van der Waals surface area contributed by atoms with Gasteiger partial charge in [-0.25, -0.2) is 18.0 Å². The van der Waals surface area contributed by atoms with Gasteiger partial charge in [0.1, 0.15) is 4.90 Å². The predicted octanol–water partition coefficient (Wildman–Crippen LogP) is 2.26. The van der Waals surface area contributed by atoms with Crippen molar-refractivity contribution in [1.82, 2.24) is 0 Å². The Kier molecular flexibility index (Phi) is 5.96. The van der Waals surface area contributed by atoms with Gasteiger partial charge >= 0.3 is 11.9 Å². The lowest BCUT2D eigenvalue weighted by Gasteiger charge is -2.13. The molecule has 2 aromatic carbocycles. The fraction of sp³-hybridized carbons (Fsp3) is 0.167. The van der Waals surface area contributed by atoms with E-state index in [0.717, 1.165) is 20.3 Å². The van der Waals surface area contributed by atoms with Crippen molar-refractivity contribution >= 4 is 33.4 Å². The summed E-state index contributed by atoms with van der Waals surface area (Å²) in [7, 11) is -2.02. The lowest BCUT2D eigenvalue weighted by Crippen LogP contribution is -2.19. The van der Waals surface area contributed by atoms with Crippen LogP contribution in [0.25, 0.3) is 0 Å². The third kappa shape index (κ3) is 4.50. The molecule has 2 rings (SSSR count). The van der Waals surface area contributed by atoms with Crippen LogP contribution in [0.5, 0.6) is 0 Å². The van der Waals surface area contributed by atoms with Crippen LogP contribution in [-0.4, -0.2) is 40.4 Å². The van der Waals surface area contributed by atoms with Crippen LogP contribution in [0.2, 0.25) is 0 Å². The fourth-order valence-corrected chi connectivity index (χ4v) is 3.55. The van der Waals surface area contributed by atoms with Gasteiger partial charge < -0.3 is 9.47 Å². The monoisotopic (exact) mass is 391 g/mol. The first kappa shape index (κ1) is 20.1. The molecule has 0 spiro atoms. The number of benzene rings is 2. The lowest BCUT2D eigenvalue weighted by molar-refractivity contribution is 0.0583. The number of ether oxygens (including phenoxy) is 2. The molecular weight excluding hydrogens is 374 g/mol. The topological polar surface area (TPSA) is 116 Å². The van der Waals surface area contributed by atoms with Gasteiger partial charge in [-0.05, 0) is 37.3 Å². The minimum Gasteiger partial charge on any atom is -0.465 e. The highest BCUT2D eigenvalue weighted by Crippen LogP contribution is 2.23. The number of nitrogens with one attached hydrogen (secondary N) is 1. The van der Waals surface area contributed by atoms with Crippen molar-refractivity contribution in [3.63, 3.8) is 0 Å². The molecule has 1 N–H and O–H groups in total. The molecule has 8 nitrogen and oxygen atoms in total. The fourth-order valence-electron chi connectivity index (χ4n) is 2.28. The number of Topliss-reactive ketones (excluding diaryl/α,β-unsaturated/α-hetero) is 1. The van der Waals surface area contributed by atoms with Gasteiger partial charge in [-0.2, -0.15) is 0 Å². The maximum atomic E-state index is 12.8. The first-order valence-corrected chi connectivity index (χ1v) is 9.12. The Labute approximate surface area is 156 Å². The van der Waals surface area contributed by atoms with Gasteiger partial charge in [-0.15, -0.1) is 0 Å². The van der Waals surface area contributed by atoms with Gasteiger partial charge in [-0.3, -0.25) is 9.52 Å². The number of carbonyl (C=O) groups excluding carboxylic acids is 3. The molecule has 0 fully saturated rings. The van der Waals surface area contributed by atoms with Crippen LogP contribution in [0.3, 0.4) is 0 Å². The first-order chi connectivity index (χ1) is 12.7. The Morgan fingerprint density at radius 1 is 0.889 bits per heavy atom. The summed E-state index contributed by atoms with van der Waals surface area (Å²) in [5.41, 5.74) is 0.136. The van der Waals surface area contributed by atoms with E-state index in [2.05, 4.69) is 14.2 Å². The number of sulfonamides is 1. The summed E-state index contributed by atoms with van der Waals surface area (Å²) in [6.45, 7) is 1.35. The normalized spacial score (nSPS) is 10.8. The van der Waals surface area contributed by atoms with Crippen LogP contribution in [0.1, 0.15) is 38.0 Å². The predicted molar refractivity (Wildman–Crippen MR) is 96.4 cm³/mol. The summed E-state index contributed by atoms with van der Waals surface area (Å²) in [5.74, 6) is -1.88. The number of rotatable bonds is 6. The zero-order valence-corrected chi connectivity index (χ0v) is 15.6. The van der Waals surface area contributed by atoms with Gasteiger partial charge in [0.25, 0.3) is 10.0 Å². The highest BCUT2D eigenvalue weighted by molar-refractivity contribution is 7.92. The molecule has 0 amide bonds. The van der Waals surface area contributed by atoms with E-state index in [0.29, 0.717) is 5.56 Å². The van der Waals surface area contributed by atoms with E-state index in [1.54, 1.807) is 0 Å². The standard InChI is InChI=1S/C18H17NO7S/c1-11(20)12-5-4-6-14(9-12)19-27(23,24)16-10-13(17(21)25-2)7-8-15(16)18(22)26-3/h4-10,19H,1-3H3. The van der Waals surface area contributed by atoms with E-state index < -0.39 is 26.9 Å². The van der Waals surface area contributed by atoms with Gasteiger partial charge in [0, 0.05) is 11.3 Å². The molecule has 0 unspecified atom stereocenters. The molecule has 9 heteroatoms. The molecule has 2 aromatic rings. The summed E-state index contributed by atoms with van der Waals surface area (Å²) in [6.07, 6.45) is 0. The van der Waals surface area contributed by atoms with Gasteiger partial charge in [0.2, 0.25) is 0 Å². The summed E-state index contributed by atoms with van der Waals surface area (Å²) < 4.78 is 37.1. The Bertz CT molecular complexity index is 1010. The molecular formula is C18H17NO7S. The smallest absolute Gasteiger partial charge is 0.339 e. The van der Waals surface area contributed by atoms with E-state index in [-0.39, 0.29) is 22.6 Å². The maximum absolute atomic E-state index is 12.8. The van der Waals surface area contributed by atoms with Crippen molar-refractivity contribution in [1.29, 1.82) is 0 Å². The maximum Gasteiger partial charge on any atom is 0.339 e. The molecule has 0 radical (unpaired) electrons. The van der Waals surface area contributed by atoms with E-state index in [9.17, 15) is 22.8 Å². The molecule has 0 heterocycles. The SMILES string of the molecule is COC(=O)c1ccc(C(=O)OC)c(S(=O)(=O)Nc2cccc(C(C)=O)c2)c1. The molecule has 0 aromatic heterocycles. The Balaban J connectivity index is 2.55. The van der Waals surface area contributed by atoms with Crippen molar-refractivity contribution in [2.75, 3.05) is 18.9 Å². The van der Waals surface area contributed by atoms with E-state index in [4.69, 9.17) is 0 Å². The number of anilines is 1. The van der Waals surface area contributed by atoms with Crippen LogP contribution < -0.4 is 4.72 Å². The Morgan fingerprint density at radius 2 is 1.56 bits per heavy atom. The summed E-state index contributed by atoms with van der Waals surface area (Å²) in [4.78, 5) is 34.7. The van der Waals surface area contributed by atoms with Crippen LogP contribution in [0.4, 0.5) is 5.69 Å². The second kappa shape index (κ2) is 8.00. The first-order valence-electron chi connectivity index (χ1n) is 7.64. The number of carbonyl (C=O) groups is 3. The van der Waals surface area contributed by atoms with Gasteiger partial charge in [0.05, 0.1) is 25.3 Å². The van der Waals surface area contributed by atoms with E-state index >= 15 is 0 Å². The van der Waals surface area contributed by atoms with Crippen molar-refractivity contribution in [3.8, 4) is 0 Å². The molecule has 0 saturated carbocycles. The molecule has 27 heavy (non-hydrogen) atoms. The highest BCUT2D eigenvalue weighted by atomic mass is 32.2. The zero-order valence-electron chi connectivity index (χ0n) is 14.8. The quantitative estimate of drug-likeness (QED) is 0.593. The van der Waals surface area contributed by atoms with Crippen LogP contribution in [0, 0.1) is 0 Å². The third-order valence-electron chi connectivity index (χ3n) is 3.62. The Hall–Kier alpha value is -3.20. The molecule has 0 aliphatic rings. The number of methoxy groups -OCH3 is 2. The van der Waals surface area contributed by atoms with Crippen molar-refractivity contribution in [2.45, 2.75) is 11.8 Å². The third-order valence-corrected chi connectivity index (χ3v) is 5.04. The molecule has 0 aliphatic heterocycles. The van der Waals surface area contributed by atoms with Crippen LogP contribution in [-0.2, 0) is 19.5 Å². The minimum absolute atomic E-state index is 0.0528. The molecule has 0 atom stereocenters. The van der Waals surface area contributed by atoms with Crippen molar-refractivity contribution in [3.05, 3.63) is 59.2 Å². The largest absolute Gasteiger partial charge is 0.465 e. The lowest BCUT2D eigenvalue weighted by atomic mass is 10.1. The summed E-state index contributed by atoms with van der Waals surface area (Å²) >= 11 is 0. The summed E-state index contributed by atoms with van der Waals surface area (Å²) in [6, 6.07) is 9.31. The van der Waals surface area contributed by atoms with E-state index in [1.165, 1.54) is 43.3 Å². The Morgan fingerprint density at radius 3 is 2.15 bits per heavy atom.